The minimum absolute atomic E-state index is 0.129. The third-order valence-corrected chi connectivity index (χ3v) is 4.66. The van der Waals surface area contributed by atoms with E-state index in [0.717, 1.165) is 12.8 Å². The van der Waals surface area contributed by atoms with Crippen LogP contribution in [0.4, 0.5) is 0 Å². The molecular formula is C15H24O. The van der Waals surface area contributed by atoms with Gasteiger partial charge in [-0.2, -0.15) is 0 Å². The third kappa shape index (κ3) is 2.09. The van der Waals surface area contributed by atoms with Gasteiger partial charge in [0.1, 0.15) is 5.75 Å². The summed E-state index contributed by atoms with van der Waals surface area (Å²) in [4.78, 5) is 0. The fraction of sp³-hybridized carbons (Fsp3) is 0.600. The zero-order valence-corrected chi connectivity index (χ0v) is 11.2. The molecular weight excluding hydrogens is 196 g/mol. The monoisotopic (exact) mass is 220 g/mol. The zero-order chi connectivity index (χ0) is 12.4. The van der Waals surface area contributed by atoms with Gasteiger partial charge in [0.05, 0.1) is 0 Å². The van der Waals surface area contributed by atoms with Crippen molar-refractivity contribution in [1.82, 2.24) is 0 Å². The Morgan fingerprint density at radius 1 is 0.938 bits per heavy atom. The Morgan fingerprint density at radius 3 is 1.75 bits per heavy atom. The van der Waals surface area contributed by atoms with Crippen molar-refractivity contribution in [1.29, 1.82) is 0 Å². The highest BCUT2D eigenvalue weighted by atomic mass is 16.3. The maximum absolute atomic E-state index is 9.34. The molecule has 1 N–H and O–H groups in total. The smallest absolute Gasteiger partial charge is 0.115 e. The standard InChI is InChI=1S/C15H24O/c1-6-15(5,7-2)14(3,4)12-8-10-13(16)11-9-12/h8-11,16H,6-7H2,1-5H3. The van der Waals surface area contributed by atoms with Gasteiger partial charge in [-0.3, -0.25) is 0 Å². The summed E-state index contributed by atoms with van der Waals surface area (Å²) in [5.74, 6) is 0.342. The Labute approximate surface area is 99.5 Å². The molecule has 0 atom stereocenters. The van der Waals surface area contributed by atoms with E-state index in [1.54, 1.807) is 12.1 Å². The van der Waals surface area contributed by atoms with Crippen molar-refractivity contribution in [3.05, 3.63) is 29.8 Å². The number of aromatic hydroxyl groups is 1. The molecule has 0 unspecified atom stereocenters. The van der Waals surface area contributed by atoms with E-state index in [9.17, 15) is 5.11 Å². The van der Waals surface area contributed by atoms with Gasteiger partial charge in [0, 0.05) is 0 Å². The lowest BCUT2D eigenvalue weighted by atomic mass is 9.60. The van der Waals surface area contributed by atoms with E-state index in [2.05, 4.69) is 34.6 Å². The Kier molecular flexibility index (Phi) is 3.67. The van der Waals surface area contributed by atoms with Crippen molar-refractivity contribution in [2.75, 3.05) is 0 Å². The molecule has 0 spiro atoms. The predicted octanol–water partition coefficient (Wildman–Crippen LogP) is 4.50. The van der Waals surface area contributed by atoms with Crippen LogP contribution < -0.4 is 0 Å². The fourth-order valence-corrected chi connectivity index (χ4v) is 2.36. The first kappa shape index (κ1) is 13.1. The van der Waals surface area contributed by atoms with Gasteiger partial charge in [-0.05, 0) is 41.4 Å². The summed E-state index contributed by atoms with van der Waals surface area (Å²) in [6.45, 7) is 11.5. The number of phenols is 1. The van der Waals surface area contributed by atoms with E-state index in [-0.39, 0.29) is 5.41 Å². The second-order valence-electron chi connectivity index (χ2n) is 5.44. The maximum atomic E-state index is 9.34. The Balaban J connectivity index is 3.14. The minimum atomic E-state index is 0.129. The van der Waals surface area contributed by atoms with Gasteiger partial charge in [-0.1, -0.05) is 46.8 Å². The normalized spacial score (nSPS) is 12.8. The van der Waals surface area contributed by atoms with E-state index in [4.69, 9.17) is 0 Å². The van der Waals surface area contributed by atoms with Crippen LogP contribution in [0.2, 0.25) is 0 Å². The molecule has 0 saturated carbocycles. The number of benzene rings is 1. The van der Waals surface area contributed by atoms with E-state index >= 15 is 0 Å². The van der Waals surface area contributed by atoms with Crippen molar-refractivity contribution < 1.29 is 5.11 Å². The number of hydrogen-bond donors (Lipinski definition) is 1. The summed E-state index contributed by atoms with van der Waals surface area (Å²) in [6.07, 6.45) is 2.33. The SMILES string of the molecule is CCC(C)(CC)C(C)(C)c1ccc(O)cc1. The summed E-state index contributed by atoms with van der Waals surface area (Å²) >= 11 is 0. The summed E-state index contributed by atoms with van der Waals surface area (Å²) < 4.78 is 0. The first-order valence-corrected chi connectivity index (χ1v) is 6.17. The Bertz CT molecular complexity index is 331. The number of phenolic OH excluding ortho intramolecular Hbond substituents is 1. The highest BCUT2D eigenvalue weighted by Gasteiger charge is 2.39. The predicted molar refractivity (Wildman–Crippen MR) is 69.8 cm³/mol. The van der Waals surface area contributed by atoms with Crippen LogP contribution in [0.5, 0.6) is 5.75 Å². The Hall–Kier alpha value is -0.980. The minimum Gasteiger partial charge on any atom is -0.508 e. The molecule has 1 nitrogen and oxygen atoms in total. The molecule has 0 aliphatic heterocycles. The molecule has 1 aromatic rings. The molecule has 0 heterocycles. The number of hydrogen-bond acceptors (Lipinski definition) is 1. The molecule has 16 heavy (non-hydrogen) atoms. The van der Waals surface area contributed by atoms with Crippen molar-refractivity contribution in [3.63, 3.8) is 0 Å². The van der Waals surface area contributed by atoms with Crippen LogP contribution >= 0.6 is 0 Å². The van der Waals surface area contributed by atoms with Gasteiger partial charge < -0.3 is 5.11 Å². The molecule has 1 heteroatoms. The molecule has 0 saturated heterocycles. The molecule has 90 valence electrons. The lowest BCUT2D eigenvalue weighted by molar-refractivity contribution is 0.155. The van der Waals surface area contributed by atoms with E-state index in [1.165, 1.54) is 5.56 Å². The Morgan fingerprint density at radius 2 is 1.38 bits per heavy atom. The zero-order valence-electron chi connectivity index (χ0n) is 11.2. The van der Waals surface area contributed by atoms with Gasteiger partial charge in [-0.15, -0.1) is 0 Å². The lowest BCUT2D eigenvalue weighted by Crippen LogP contribution is -2.38. The number of rotatable bonds is 4. The summed E-state index contributed by atoms with van der Waals surface area (Å²) in [6, 6.07) is 7.64. The van der Waals surface area contributed by atoms with Gasteiger partial charge in [0.2, 0.25) is 0 Å². The van der Waals surface area contributed by atoms with Crippen molar-refractivity contribution in [3.8, 4) is 5.75 Å². The second kappa shape index (κ2) is 4.48. The van der Waals surface area contributed by atoms with Crippen molar-refractivity contribution >= 4 is 0 Å². The molecule has 0 amide bonds. The van der Waals surface area contributed by atoms with E-state index in [0.29, 0.717) is 11.2 Å². The molecule has 0 fully saturated rings. The highest BCUT2D eigenvalue weighted by molar-refractivity contribution is 5.32. The topological polar surface area (TPSA) is 20.2 Å². The first-order chi connectivity index (χ1) is 7.37. The highest BCUT2D eigenvalue weighted by Crippen LogP contribution is 2.46. The first-order valence-electron chi connectivity index (χ1n) is 6.17. The van der Waals surface area contributed by atoms with E-state index in [1.807, 2.05) is 12.1 Å². The molecule has 0 radical (unpaired) electrons. The van der Waals surface area contributed by atoms with Crippen LogP contribution in [0.1, 0.15) is 53.0 Å². The van der Waals surface area contributed by atoms with Crippen molar-refractivity contribution in [2.45, 2.75) is 52.9 Å². The van der Waals surface area contributed by atoms with Gasteiger partial charge in [0.15, 0.2) is 0 Å². The van der Waals surface area contributed by atoms with Crippen LogP contribution in [0.25, 0.3) is 0 Å². The van der Waals surface area contributed by atoms with Crippen LogP contribution in [0.15, 0.2) is 24.3 Å². The summed E-state index contributed by atoms with van der Waals surface area (Å²) in [5.41, 5.74) is 1.73. The third-order valence-electron chi connectivity index (χ3n) is 4.66. The molecule has 0 aliphatic rings. The molecule has 0 aromatic heterocycles. The van der Waals surface area contributed by atoms with Crippen LogP contribution in [-0.4, -0.2) is 5.11 Å². The maximum Gasteiger partial charge on any atom is 0.115 e. The van der Waals surface area contributed by atoms with E-state index < -0.39 is 0 Å². The largest absolute Gasteiger partial charge is 0.508 e. The summed E-state index contributed by atoms with van der Waals surface area (Å²) in [7, 11) is 0. The quantitative estimate of drug-likeness (QED) is 0.792. The molecule has 0 bridgehead atoms. The van der Waals surface area contributed by atoms with Gasteiger partial charge >= 0.3 is 0 Å². The second-order valence-corrected chi connectivity index (χ2v) is 5.44. The average Bonchev–Trinajstić information content (AvgIpc) is 2.28. The fourth-order valence-electron chi connectivity index (χ4n) is 2.36. The lowest BCUT2D eigenvalue weighted by Gasteiger charge is -2.44. The van der Waals surface area contributed by atoms with Crippen molar-refractivity contribution in [2.24, 2.45) is 5.41 Å². The van der Waals surface area contributed by atoms with Crippen LogP contribution in [0.3, 0.4) is 0 Å². The van der Waals surface area contributed by atoms with Gasteiger partial charge in [0.25, 0.3) is 0 Å². The van der Waals surface area contributed by atoms with Crippen LogP contribution in [-0.2, 0) is 5.41 Å². The molecule has 1 aromatic carbocycles. The average molecular weight is 220 g/mol. The van der Waals surface area contributed by atoms with Crippen LogP contribution in [0, 0.1) is 5.41 Å². The summed E-state index contributed by atoms with van der Waals surface area (Å²) in [5, 5.41) is 9.34. The molecule has 0 aliphatic carbocycles. The molecule has 1 rings (SSSR count). The van der Waals surface area contributed by atoms with Gasteiger partial charge in [-0.25, -0.2) is 0 Å².